The van der Waals surface area contributed by atoms with Crippen molar-refractivity contribution in [3.8, 4) is 0 Å². The number of para-hydroxylation sites is 1. The Hall–Kier alpha value is -3.30. The van der Waals surface area contributed by atoms with Crippen molar-refractivity contribution in [1.29, 1.82) is 0 Å². The second kappa shape index (κ2) is 6.36. The molecule has 2 heterocycles. The highest BCUT2D eigenvalue weighted by molar-refractivity contribution is 8.03. The van der Waals surface area contributed by atoms with Gasteiger partial charge in [0.1, 0.15) is 9.62 Å². The van der Waals surface area contributed by atoms with Gasteiger partial charge in [0.2, 0.25) is 5.91 Å². The van der Waals surface area contributed by atoms with Crippen LogP contribution >= 0.6 is 11.8 Å². The van der Waals surface area contributed by atoms with E-state index >= 15 is 0 Å². The molecule has 4 atom stereocenters. The van der Waals surface area contributed by atoms with Gasteiger partial charge in [-0.05, 0) is 34.4 Å². The standard InChI is InChI=1S/C29H21NOS/c31-27-28(20-12-4-1-5-13-20)25-23-18-10-11-19-24(23)26(25)29(32-28,21-14-6-2-7-15-21)30(27)22-16-8-3-9-17-22/h1-19,25-26H/t25-,26+,28-,29+/m1/s1. The SMILES string of the molecule is O=C1N(c2ccccc2)[C@@]2(c3ccccc3)S[C@]1(c1ccccc1)[C@@H]1c3ccccc3[C@@H]12. The zero-order chi connectivity index (χ0) is 21.3. The molecule has 0 aromatic heterocycles. The van der Waals surface area contributed by atoms with Gasteiger partial charge in [-0.1, -0.05) is 103 Å². The molecule has 2 saturated heterocycles. The van der Waals surface area contributed by atoms with E-state index in [1.165, 1.54) is 16.7 Å². The molecule has 0 radical (unpaired) electrons. The van der Waals surface area contributed by atoms with Gasteiger partial charge < -0.3 is 0 Å². The Morgan fingerprint density at radius 1 is 0.594 bits per heavy atom. The smallest absolute Gasteiger partial charge is 0.249 e. The van der Waals surface area contributed by atoms with Crippen molar-refractivity contribution < 1.29 is 4.79 Å². The second-order valence-corrected chi connectivity index (χ2v) is 10.3. The van der Waals surface area contributed by atoms with Gasteiger partial charge in [0, 0.05) is 17.5 Å². The van der Waals surface area contributed by atoms with E-state index < -0.39 is 9.62 Å². The summed E-state index contributed by atoms with van der Waals surface area (Å²) >= 11 is 1.86. The van der Waals surface area contributed by atoms with Crippen LogP contribution in [0.3, 0.4) is 0 Å². The second-order valence-electron chi connectivity index (χ2n) is 8.83. The number of hydrogen-bond acceptors (Lipinski definition) is 2. The third-order valence-corrected chi connectivity index (χ3v) is 9.40. The Morgan fingerprint density at radius 2 is 1.09 bits per heavy atom. The Morgan fingerprint density at radius 3 is 1.72 bits per heavy atom. The van der Waals surface area contributed by atoms with E-state index in [1.54, 1.807) is 0 Å². The molecule has 2 nitrogen and oxygen atoms in total. The van der Waals surface area contributed by atoms with Gasteiger partial charge in [0.15, 0.2) is 0 Å². The average molecular weight is 432 g/mol. The average Bonchev–Trinajstić information content (AvgIpc) is 3.28. The summed E-state index contributed by atoms with van der Waals surface area (Å²) in [6, 6.07) is 40.0. The number of thioether (sulfide) groups is 1. The zero-order valence-electron chi connectivity index (χ0n) is 17.4. The summed E-state index contributed by atoms with van der Waals surface area (Å²) in [5, 5.41) is 0. The number of fused-ring (bicyclic) bond motifs is 8. The minimum atomic E-state index is -0.633. The molecule has 1 aliphatic carbocycles. The monoisotopic (exact) mass is 431 g/mol. The lowest BCUT2D eigenvalue weighted by atomic mass is 9.55. The minimum absolute atomic E-state index is 0.166. The maximum Gasteiger partial charge on any atom is 0.249 e. The zero-order valence-corrected chi connectivity index (χ0v) is 18.2. The molecule has 3 aliphatic rings. The normalized spacial score (nSPS) is 29.4. The third kappa shape index (κ3) is 2.01. The molecule has 1 amide bonds. The van der Waals surface area contributed by atoms with Crippen LogP contribution in [0.1, 0.15) is 34.1 Å². The van der Waals surface area contributed by atoms with Gasteiger partial charge in [-0.25, -0.2) is 0 Å². The Labute approximate surface area is 191 Å². The van der Waals surface area contributed by atoms with Crippen LogP contribution in [0.2, 0.25) is 0 Å². The number of amides is 1. The first-order valence-electron chi connectivity index (χ1n) is 11.1. The number of anilines is 1. The maximum atomic E-state index is 14.6. The quantitative estimate of drug-likeness (QED) is 0.374. The van der Waals surface area contributed by atoms with Gasteiger partial charge >= 0.3 is 0 Å². The van der Waals surface area contributed by atoms with Crippen LogP contribution in [0, 0.1) is 0 Å². The van der Waals surface area contributed by atoms with E-state index in [2.05, 4.69) is 95.9 Å². The van der Waals surface area contributed by atoms with E-state index in [9.17, 15) is 4.79 Å². The van der Waals surface area contributed by atoms with Crippen molar-refractivity contribution in [2.24, 2.45) is 0 Å². The van der Waals surface area contributed by atoms with Gasteiger partial charge in [0.05, 0.1) is 0 Å². The van der Waals surface area contributed by atoms with Gasteiger partial charge in [-0.3, -0.25) is 9.69 Å². The Kier molecular flexibility index (Phi) is 3.64. The van der Waals surface area contributed by atoms with Crippen LogP contribution in [-0.4, -0.2) is 5.91 Å². The molecule has 3 heteroatoms. The Bertz CT molecular complexity index is 1340. The molecule has 0 saturated carbocycles. The fraction of sp³-hybridized carbons (Fsp3) is 0.138. The van der Waals surface area contributed by atoms with Crippen molar-refractivity contribution in [3.63, 3.8) is 0 Å². The summed E-state index contributed by atoms with van der Waals surface area (Å²) in [7, 11) is 0. The highest BCUT2D eigenvalue weighted by atomic mass is 32.2. The van der Waals surface area contributed by atoms with Crippen molar-refractivity contribution in [2.75, 3.05) is 4.90 Å². The molecule has 4 aromatic rings. The lowest BCUT2D eigenvalue weighted by Gasteiger charge is -2.54. The number of hydrogen-bond donors (Lipinski definition) is 0. The summed E-state index contributed by atoms with van der Waals surface area (Å²) in [5.74, 6) is 0.600. The first-order valence-corrected chi connectivity index (χ1v) is 11.9. The number of benzene rings is 4. The molecule has 32 heavy (non-hydrogen) atoms. The van der Waals surface area contributed by atoms with Crippen molar-refractivity contribution in [3.05, 3.63) is 138 Å². The van der Waals surface area contributed by atoms with Crippen LogP contribution in [0.25, 0.3) is 0 Å². The molecule has 0 unspecified atom stereocenters. The summed E-state index contributed by atoms with van der Waals surface area (Å²) in [5.41, 5.74) is 5.97. The molecule has 7 rings (SSSR count). The third-order valence-electron chi connectivity index (χ3n) is 7.43. The maximum absolute atomic E-state index is 14.6. The van der Waals surface area contributed by atoms with Crippen LogP contribution in [0.15, 0.2) is 115 Å². The van der Waals surface area contributed by atoms with Crippen molar-refractivity contribution in [2.45, 2.75) is 21.5 Å². The number of carbonyl (C=O) groups excluding carboxylic acids is 1. The molecule has 154 valence electrons. The van der Waals surface area contributed by atoms with E-state index in [0.29, 0.717) is 0 Å². The van der Waals surface area contributed by atoms with Crippen LogP contribution < -0.4 is 4.90 Å². The number of carbonyl (C=O) groups is 1. The van der Waals surface area contributed by atoms with E-state index in [4.69, 9.17) is 0 Å². The number of piperidine rings is 1. The summed E-state index contributed by atoms with van der Waals surface area (Å²) in [4.78, 5) is 16.2. The first kappa shape index (κ1) is 18.3. The number of rotatable bonds is 3. The predicted octanol–water partition coefficient (Wildman–Crippen LogP) is 6.41. The van der Waals surface area contributed by atoms with Gasteiger partial charge in [-0.15, -0.1) is 11.8 Å². The molecule has 0 spiro atoms. The largest absolute Gasteiger partial charge is 0.291 e. The Balaban J connectivity index is 1.58. The fourth-order valence-electron chi connectivity index (χ4n) is 6.26. The summed E-state index contributed by atoms with van der Waals surface area (Å²) in [6.45, 7) is 0. The molecule has 2 fully saturated rings. The minimum Gasteiger partial charge on any atom is -0.291 e. The van der Waals surface area contributed by atoms with Gasteiger partial charge in [0.25, 0.3) is 0 Å². The lowest BCUT2D eigenvalue weighted by molar-refractivity contribution is -0.123. The molecular weight excluding hydrogens is 410 g/mol. The molecule has 2 bridgehead atoms. The van der Waals surface area contributed by atoms with E-state index in [0.717, 1.165) is 11.3 Å². The highest BCUT2D eigenvalue weighted by Crippen LogP contribution is 2.82. The number of nitrogens with zero attached hydrogens (tertiary/aromatic N) is 1. The highest BCUT2D eigenvalue weighted by Gasteiger charge is 2.79. The van der Waals surface area contributed by atoms with E-state index in [-0.39, 0.29) is 17.7 Å². The van der Waals surface area contributed by atoms with Crippen LogP contribution in [-0.2, 0) is 14.4 Å². The topological polar surface area (TPSA) is 20.3 Å². The predicted molar refractivity (Wildman–Crippen MR) is 130 cm³/mol. The molecule has 2 aliphatic heterocycles. The summed E-state index contributed by atoms with van der Waals surface area (Å²) < 4.78 is -0.633. The van der Waals surface area contributed by atoms with Crippen molar-refractivity contribution >= 4 is 23.4 Å². The van der Waals surface area contributed by atoms with Crippen LogP contribution in [0.5, 0.6) is 0 Å². The van der Waals surface area contributed by atoms with Crippen LogP contribution in [0.4, 0.5) is 5.69 Å². The lowest BCUT2D eigenvalue weighted by Crippen LogP contribution is -2.58. The fourth-order valence-corrected chi connectivity index (χ4v) is 8.50. The van der Waals surface area contributed by atoms with Crippen molar-refractivity contribution in [1.82, 2.24) is 0 Å². The van der Waals surface area contributed by atoms with E-state index in [1.807, 2.05) is 36.0 Å². The molecular formula is C29H21NOS. The van der Waals surface area contributed by atoms with Gasteiger partial charge in [-0.2, -0.15) is 0 Å². The summed E-state index contributed by atoms with van der Waals surface area (Å²) in [6.07, 6.45) is 0. The first-order chi connectivity index (χ1) is 15.8. The molecule has 4 aromatic carbocycles. The molecule has 0 N–H and O–H groups in total.